The van der Waals surface area contributed by atoms with Crippen LogP contribution >= 0.6 is 0 Å². The predicted molar refractivity (Wildman–Crippen MR) is 77.7 cm³/mol. The standard InChI is InChI=1S/C16H23F3N2/c17-16(18,19)12-21(10-13-4-2-1-3-5-13)11-15-7-6-14(8-15)9-20/h1-5,14-15H,6-12,20H2. The topological polar surface area (TPSA) is 29.3 Å². The molecule has 1 aliphatic rings. The molecule has 1 aliphatic carbocycles. The molecular formula is C16H23F3N2. The molecule has 1 aromatic carbocycles. The van der Waals surface area contributed by atoms with Crippen molar-refractivity contribution >= 4 is 0 Å². The van der Waals surface area contributed by atoms with Gasteiger partial charge in [-0.05, 0) is 43.2 Å². The highest BCUT2D eigenvalue weighted by Gasteiger charge is 2.33. The molecule has 21 heavy (non-hydrogen) atoms. The maximum absolute atomic E-state index is 12.8. The van der Waals surface area contributed by atoms with Crippen LogP contribution in [0.2, 0.25) is 0 Å². The van der Waals surface area contributed by atoms with Crippen molar-refractivity contribution < 1.29 is 13.2 Å². The molecule has 2 atom stereocenters. The number of nitrogens with two attached hydrogens (primary N) is 1. The SMILES string of the molecule is NCC1CCC(CN(Cc2ccccc2)CC(F)(F)F)C1. The summed E-state index contributed by atoms with van der Waals surface area (Å²) in [7, 11) is 0. The van der Waals surface area contributed by atoms with Crippen LogP contribution in [-0.4, -0.2) is 30.7 Å². The Hall–Kier alpha value is -1.07. The monoisotopic (exact) mass is 300 g/mol. The molecule has 2 nitrogen and oxygen atoms in total. The molecule has 2 N–H and O–H groups in total. The van der Waals surface area contributed by atoms with Crippen molar-refractivity contribution in [2.24, 2.45) is 17.6 Å². The second-order valence-electron chi connectivity index (χ2n) is 6.05. The van der Waals surface area contributed by atoms with E-state index in [0.717, 1.165) is 24.8 Å². The van der Waals surface area contributed by atoms with Crippen molar-refractivity contribution in [1.82, 2.24) is 4.90 Å². The Kier molecular flexibility index (Phi) is 5.65. The summed E-state index contributed by atoms with van der Waals surface area (Å²) in [6, 6.07) is 9.35. The van der Waals surface area contributed by atoms with Crippen molar-refractivity contribution in [3.8, 4) is 0 Å². The fraction of sp³-hybridized carbons (Fsp3) is 0.625. The van der Waals surface area contributed by atoms with Gasteiger partial charge in [0.1, 0.15) is 0 Å². The predicted octanol–water partition coefficient (Wildman–Crippen LogP) is 3.43. The quantitative estimate of drug-likeness (QED) is 0.872. The molecule has 0 heterocycles. The van der Waals surface area contributed by atoms with E-state index in [4.69, 9.17) is 5.73 Å². The fourth-order valence-electron chi connectivity index (χ4n) is 3.20. The molecule has 0 bridgehead atoms. The zero-order chi connectivity index (χ0) is 15.3. The maximum atomic E-state index is 12.8. The number of hydrogen-bond donors (Lipinski definition) is 1. The number of rotatable bonds is 6. The summed E-state index contributed by atoms with van der Waals surface area (Å²) in [5, 5.41) is 0. The van der Waals surface area contributed by atoms with Gasteiger partial charge in [-0.25, -0.2) is 0 Å². The van der Waals surface area contributed by atoms with Crippen LogP contribution in [0, 0.1) is 11.8 Å². The summed E-state index contributed by atoms with van der Waals surface area (Å²) >= 11 is 0. The van der Waals surface area contributed by atoms with Gasteiger partial charge in [0.05, 0.1) is 6.54 Å². The van der Waals surface area contributed by atoms with Gasteiger partial charge in [-0.15, -0.1) is 0 Å². The summed E-state index contributed by atoms with van der Waals surface area (Å²) in [4.78, 5) is 1.53. The van der Waals surface area contributed by atoms with Crippen molar-refractivity contribution in [3.05, 3.63) is 35.9 Å². The minimum absolute atomic E-state index is 0.338. The largest absolute Gasteiger partial charge is 0.401 e. The Labute approximate surface area is 124 Å². The van der Waals surface area contributed by atoms with Crippen molar-refractivity contribution in [1.29, 1.82) is 0 Å². The van der Waals surface area contributed by atoms with E-state index in [-0.39, 0.29) is 0 Å². The number of nitrogens with zero attached hydrogens (tertiary/aromatic N) is 1. The summed E-state index contributed by atoms with van der Waals surface area (Å²) in [6.07, 6.45) is -1.16. The van der Waals surface area contributed by atoms with E-state index < -0.39 is 12.7 Å². The highest BCUT2D eigenvalue weighted by molar-refractivity contribution is 5.14. The van der Waals surface area contributed by atoms with Gasteiger partial charge < -0.3 is 5.73 Å². The first-order valence-electron chi connectivity index (χ1n) is 7.49. The number of halogens is 3. The van der Waals surface area contributed by atoms with Gasteiger partial charge in [0.25, 0.3) is 0 Å². The molecule has 118 valence electrons. The van der Waals surface area contributed by atoms with E-state index in [1.165, 1.54) is 4.90 Å². The zero-order valence-corrected chi connectivity index (χ0v) is 12.1. The molecule has 0 radical (unpaired) electrons. The second-order valence-corrected chi connectivity index (χ2v) is 6.05. The van der Waals surface area contributed by atoms with E-state index in [0.29, 0.717) is 31.5 Å². The minimum atomic E-state index is -4.15. The summed E-state index contributed by atoms with van der Waals surface area (Å²) in [5.74, 6) is 0.823. The molecule has 0 amide bonds. The third kappa shape index (κ3) is 5.67. The summed E-state index contributed by atoms with van der Waals surface area (Å²) < 4.78 is 38.3. The molecule has 0 aliphatic heterocycles. The van der Waals surface area contributed by atoms with E-state index >= 15 is 0 Å². The summed E-state index contributed by atoms with van der Waals surface area (Å²) in [5.41, 5.74) is 6.58. The molecule has 0 aromatic heterocycles. The Morgan fingerprint density at radius 1 is 1.10 bits per heavy atom. The average molecular weight is 300 g/mol. The lowest BCUT2D eigenvalue weighted by atomic mass is 10.0. The van der Waals surface area contributed by atoms with Crippen LogP contribution in [-0.2, 0) is 6.54 Å². The van der Waals surface area contributed by atoms with E-state index in [1.54, 1.807) is 0 Å². The fourth-order valence-corrected chi connectivity index (χ4v) is 3.20. The lowest BCUT2D eigenvalue weighted by molar-refractivity contribution is -0.148. The molecule has 2 rings (SSSR count). The Morgan fingerprint density at radius 2 is 1.76 bits per heavy atom. The molecule has 0 spiro atoms. The Balaban J connectivity index is 1.95. The van der Waals surface area contributed by atoms with Gasteiger partial charge in [-0.3, -0.25) is 4.90 Å². The first-order valence-corrected chi connectivity index (χ1v) is 7.49. The van der Waals surface area contributed by atoms with Crippen LogP contribution < -0.4 is 5.73 Å². The van der Waals surface area contributed by atoms with Gasteiger partial charge in [0, 0.05) is 13.1 Å². The smallest absolute Gasteiger partial charge is 0.330 e. The van der Waals surface area contributed by atoms with E-state index in [9.17, 15) is 13.2 Å². The minimum Gasteiger partial charge on any atom is -0.330 e. The molecular weight excluding hydrogens is 277 g/mol. The van der Waals surface area contributed by atoms with Crippen LogP contribution in [0.25, 0.3) is 0 Å². The number of alkyl halides is 3. The average Bonchev–Trinajstić information content (AvgIpc) is 2.85. The first kappa shape index (κ1) is 16.3. The van der Waals surface area contributed by atoms with Crippen LogP contribution in [0.1, 0.15) is 24.8 Å². The Bertz CT molecular complexity index is 419. The summed E-state index contributed by atoms with van der Waals surface area (Å²) in [6.45, 7) is 0.662. The van der Waals surface area contributed by atoms with Crippen molar-refractivity contribution in [3.63, 3.8) is 0 Å². The van der Waals surface area contributed by atoms with Gasteiger partial charge in [0.15, 0.2) is 0 Å². The van der Waals surface area contributed by atoms with Crippen molar-refractivity contribution in [2.45, 2.75) is 32.0 Å². The highest BCUT2D eigenvalue weighted by atomic mass is 19.4. The zero-order valence-electron chi connectivity index (χ0n) is 12.1. The molecule has 0 saturated heterocycles. The molecule has 5 heteroatoms. The first-order chi connectivity index (χ1) is 9.96. The number of benzene rings is 1. The number of hydrogen-bond acceptors (Lipinski definition) is 2. The second kappa shape index (κ2) is 7.27. The lowest BCUT2D eigenvalue weighted by Gasteiger charge is -2.26. The molecule has 1 fully saturated rings. The van der Waals surface area contributed by atoms with Gasteiger partial charge in [-0.2, -0.15) is 13.2 Å². The molecule has 1 aromatic rings. The molecule has 2 unspecified atom stereocenters. The van der Waals surface area contributed by atoms with E-state index in [2.05, 4.69) is 0 Å². The van der Waals surface area contributed by atoms with Crippen LogP contribution in [0.5, 0.6) is 0 Å². The van der Waals surface area contributed by atoms with E-state index in [1.807, 2.05) is 30.3 Å². The normalized spacial score (nSPS) is 22.9. The van der Waals surface area contributed by atoms with Gasteiger partial charge in [0.2, 0.25) is 0 Å². The van der Waals surface area contributed by atoms with Gasteiger partial charge in [-0.1, -0.05) is 30.3 Å². The lowest BCUT2D eigenvalue weighted by Crippen LogP contribution is -2.36. The third-order valence-electron chi connectivity index (χ3n) is 4.15. The van der Waals surface area contributed by atoms with Crippen LogP contribution in [0.3, 0.4) is 0 Å². The molecule has 1 saturated carbocycles. The van der Waals surface area contributed by atoms with Gasteiger partial charge >= 0.3 is 6.18 Å². The highest BCUT2D eigenvalue weighted by Crippen LogP contribution is 2.31. The maximum Gasteiger partial charge on any atom is 0.401 e. The Morgan fingerprint density at radius 3 is 2.33 bits per heavy atom. The third-order valence-corrected chi connectivity index (χ3v) is 4.15. The van der Waals surface area contributed by atoms with Crippen molar-refractivity contribution in [2.75, 3.05) is 19.6 Å². The van der Waals surface area contributed by atoms with Crippen LogP contribution in [0.4, 0.5) is 13.2 Å². The van der Waals surface area contributed by atoms with Crippen LogP contribution in [0.15, 0.2) is 30.3 Å².